The number of nitrogens with zero attached hydrogens (tertiary/aromatic N) is 6. The molecule has 7 nitrogen and oxygen atoms in total. The highest BCUT2D eigenvalue weighted by atomic mass is 79.9. The van der Waals surface area contributed by atoms with E-state index in [1.165, 1.54) is 0 Å². The van der Waals surface area contributed by atoms with Gasteiger partial charge in [0.1, 0.15) is 15.3 Å². The van der Waals surface area contributed by atoms with Crippen molar-refractivity contribution >= 4 is 59.0 Å². The van der Waals surface area contributed by atoms with Crippen LogP contribution in [0.4, 0.5) is 5.13 Å². The molecule has 0 bridgehead atoms. The van der Waals surface area contributed by atoms with Crippen LogP contribution in [0.5, 0.6) is 0 Å². The molecular formula is C16H16BrN7S2. The van der Waals surface area contributed by atoms with Crippen LogP contribution in [0.3, 0.4) is 0 Å². The first-order chi connectivity index (χ1) is 12.7. The Balaban J connectivity index is 1.50. The number of rotatable bonds is 3. The van der Waals surface area contributed by atoms with Crippen molar-refractivity contribution in [3.05, 3.63) is 23.2 Å². The Morgan fingerprint density at radius 2 is 2.00 bits per heavy atom. The summed E-state index contributed by atoms with van der Waals surface area (Å²) in [5, 5.41) is 5.38. The summed E-state index contributed by atoms with van der Waals surface area (Å²) in [6.45, 7) is 2.16. The third kappa shape index (κ3) is 2.72. The number of fused-ring (bicyclic) bond motifs is 2. The molecule has 0 atom stereocenters. The lowest BCUT2D eigenvalue weighted by Crippen LogP contribution is -2.41. The van der Waals surface area contributed by atoms with Crippen LogP contribution in [0.25, 0.3) is 26.0 Å². The van der Waals surface area contributed by atoms with Crippen LogP contribution in [0.15, 0.2) is 23.2 Å². The quantitative estimate of drug-likeness (QED) is 0.516. The average molecular weight is 450 g/mol. The molecule has 5 rings (SSSR count). The lowest BCUT2D eigenvalue weighted by molar-refractivity contribution is 0.443. The topological polar surface area (TPSA) is 71.2 Å². The molecule has 0 spiro atoms. The summed E-state index contributed by atoms with van der Waals surface area (Å²) < 4.78 is 2.73. The predicted molar refractivity (Wildman–Crippen MR) is 109 cm³/mol. The van der Waals surface area contributed by atoms with Gasteiger partial charge in [0, 0.05) is 25.5 Å². The summed E-state index contributed by atoms with van der Waals surface area (Å²) in [6, 6.07) is 0.553. The van der Waals surface area contributed by atoms with Crippen molar-refractivity contribution < 1.29 is 0 Å². The summed E-state index contributed by atoms with van der Waals surface area (Å²) in [4.78, 5) is 22.7. The predicted octanol–water partition coefficient (Wildman–Crippen LogP) is 3.41. The van der Waals surface area contributed by atoms with E-state index in [1.807, 2.05) is 16.8 Å². The zero-order valence-corrected chi connectivity index (χ0v) is 17.2. The van der Waals surface area contributed by atoms with Crippen LogP contribution in [-0.4, -0.2) is 50.5 Å². The highest BCUT2D eigenvalue weighted by molar-refractivity contribution is 9.10. The van der Waals surface area contributed by atoms with Crippen molar-refractivity contribution in [1.29, 1.82) is 0 Å². The molecule has 1 saturated heterocycles. The van der Waals surface area contributed by atoms with Crippen LogP contribution in [0.1, 0.15) is 12.8 Å². The fourth-order valence-electron chi connectivity index (χ4n) is 3.29. The summed E-state index contributed by atoms with van der Waals surface area (Å²) in [5.74, 6) is 0. The Labute approximate surface area is 166 Å². The molecule has 0 saturated carbocycles. The molecule has 0 radical (unpaired) electrons. The van der Waals surface area contributed by atoms with Crippen molar-refractivity contribution in [3.63, 3.8) is 0 Å². The summed E-state index contributed by atoms with van der Waals surface area (Å²) in [5.41, 5.74) is 1.73. The van der Waals surface area contributed by atoms with Gasteiger partial charge in [-0.15, -0.1) is 0 Å². The number of aromatic nitrogens is 5. The molecule has 10 heteroatoms. The number of nitrogens with one attached hydrogen (secondary N) is 1. The molecule has 134 valence electrons. The number of anilines is 1. The SMILES string of the molecule is CN(c1nc2sc(-c3cnc(Br)c4nccn34)nc2s1)C1CCNCC1. The maximum Gasteiger partial charge on any atom is 0.188 e. The minimum absolute atomic E-state index is 0.553. The average Bonchev–Trinajstić information content (AvgIpc) is 3.37. The Kier molecular flexibility index (Phi) is 4.15. The van der Waals surface area contributed by atoms with Crippen LogP contribution < -0.4 is 10.2 Å². The number of hydrogen-bond acceptors (Lipinski definition) is 8. The maximum atomic E-state index is 4.84. The molecule has 0 aliphatic carbocycles. The number of piperidine rings is 1. The second-order valence-electron chi connectivity index (χ2n) is 6.27. The summed E-state index contributed by atoms with van der Waals surface area (Å²) >= 11 is 6.71. The Morgan fingerprint density at radius 3 is 2.81 bits per heavy atom. The van der Waals surface area contributed by atoms with Gasteiger partial charge >= 0.3 is 0 Å². The molecule has 0 unspecified atom stereocenters. The van der Waals surface area contributed by atoms with Crippen LogP contribution in [-0.2, 0) is 0 Å². The van der Waals surface area contributed by atoms with E-state index >= 15 is 0 Å². The second kappa shape index (κ2) is 6.52. The molecular weight excluding hydrogens is 434 g/mol. The van der Waals surface area contributed by atoms with Crippen molar-refractivity contribution in [2.45, 2.75) is 18.9 Å². The van der Waals surface area contributed by atoms with Crippen LogP contribution >= 0.6 is 38.6 Å². The van der Waals surface area contributed by atoms with Gasteiger partial charge in [0.25, 0.3) is 0 Å². The van der Waals surface area contributed by atoms with Crippen molar-refractivity contribution in [2.75, 3.05) is 25.0 Å². The number of imidazole rings is 1. The van der Waals surface area contributed by atoms with Gasteiger partial charge in [-0.1, -0.05) is 22.7 Å². The minimum atomic E-state index is 0.553. The van der Waals surface area contributed by atoms with E-state index in [9.17, 15) is 0 Å². The number of thiazole rings is 2. The Morgan fingerprint density at radius 1 is 1.19 bits per heavy atom. The molecule has 1 N–H and O–H groups in total. The van der Waals surface area contributed by atoms with E-state index in [0.29, 0.717) is 6.04 Å². The maximum absolute atomic E-state index is 4.84. The largest absolute Gasteiger partial charge is 0.348 e. The van der Waals surface area contributed by atoms with Gasteiger partial charge in [0.2, 0.25) is 0 Å². The van der Waals surface area contributed by atoms with Gasteiger partial charge in [0.15, 0.2) is 20.4 Å². The van der Waals surface area contributed by atoms with E-state index < -0.39 is 0 Å². The molecule has 1 fully saturated rings. The van der Waals surface area contributed by atoms with E-state index in [4.69, 9.17) is 9.97 Å². The molecule has 0 amide bonds. The molecule has 5 heterocycles. The summed E-state index contributed by atoms with van der Waals surface area (Å²) in [7, 11) is 2.15. The first-order valence-corrected chi connectivity index (χ1v) is 10.8. The zero-order chi connectivity index (χ0) is 17.7. The highest BCUT2D eigenvalue weighted by Crippen LogP contribution is 2.37. The Bertz CT molecular complexity index is 1050. The normalized spacial score (nSPS) is 15.9. The van der Waals surface area contributed by atoms with E-state index in [1.54, 1.807) is 28.9 Å². The smallest absolute Gasteiger partial charge is 0.188 e. The van der Waals surface area contributed by atoms with Crippen molar-refractivity contribution in [1.82, 2.24) is 29.7 Å². The Hall–Kier alpha value is -1.62. The molecule has 0 aromatic carbocycles. The van der Waals surface area contributed by atoms with Gasteiger partial charge in [-0.3, -0.25) is 4.40 Å². The summed E-state index contributed by atoms with van der Waals surface area (Å²) in [6.07, 6.45) is 7.84. The van der Waals surface area contributed by atoms with E-state index in [0.717, 1.165) is 61.7 Å². The van der Waals surface area contributed by atoms with E-state index in [2.05, 4.69) is 43.2 Å². The zero-order valence-electron chi connectivity index (χ0n) is 14.0. The third-order valence-corrected chi connectivity index (χ3v) is 7.43. The third-order valence-electron chi connectivity index (χ3n) is 4.73. The number of hydrogen-bond donors (Lipinski definition) is 1. The monoisotopic (exact) mass is 449 g/mol. The van der Waals surface area contributed by atoms with Crippen LogP contribution in [0, 0.1) is 0 Å². The standard InChI is InChI=1S/C16H16BrN7S2/c1-23(9-2-4-18-5-3-9)16-22-15-14(26-16)21-13(25-15)10-8-20-11(17)12-19-6-7-24(10)12/h6-9,18H,2-5H2,1H3. The van der Waals surface area contributed by atoms with Crippen molar-refractivity contribution in [2.24, 2.45) is 0 Å². The van der Waals surface area contributed by atoms with Crippen LogP contribution in [0.2, 0.25) is 0 Å². The van der Waals surface area contributed by atoms with Gasteiger partial charge in [0.05, 0.1) is 6.20 Å². The second-order valence-corrected chi connectivity index (χ2v) is 8.96. The van der Waals surface area contributed by atoms with Gasteiger partial charge in [-0.25, -0.2) is 19.9 Å². The lowest BCUT2D eigenvalue weighted by Gasteiger charge is -2.31. The molecule has 26 heavy (non-hydrogen) atoms. The fourth-order valence-corrected chi connectivity index (χ4v) is 5.76. The number of halogens is 1. The van der Waals surface area contributed by atoms with Gasteiger partial charge < -0.3 is 10.2 Å². The van der Waals surface area contributed by atoms with Crippen molar-refractivity contribution in [3.8, 4) is 10.7 Å². The molecule has 4 aromatic rings. The van der Waals surface area contributed by atoms with Gasteiger partial charge in [-0.2, -0.15) is 0 Å². The first kappa shape index (κ1) is 16.5. The lowest BCUT2D eigenvalue weighted by atomic mass is 10.1. The first-order valence-electron chi connectivity index (χ1n) is 8.39. The molecule has 1 aliphatic rings. The highest BCUT2D eigenvalue weighted by Gasteiger charge is 2.22. The van der Waals surface area contributed by atoms with Gasteiger partial charge in [-0.05, 0) is 41.9 Å². The fraction of sp³-hybridized carbons (Fsp3) is 0.375. The minimum Gasteiger partial charge on any atom is -0.348 e. The molecule has 1 aliphatic heterocycles. The van der Waals surface area contributed by atoms with E-state index in [-0.39, 0.29) is 0 Å². The molecule has 4 aromatic heterocycles.